The van der Waals surface area contributed by atoms with Gasteiger partial charge in [-0.2, -0.15) is 11.8 Å². The molecule has 4 aromatic rings. The summed E-state index contributed by atoms with van der Waals surface area (Å²) in [6.45, 7) is 0. The van der Waals surface area contributed by atoms with Gasteiger partial charge in [0.2, 0.25) is 5.91 Å². The maximum absolute atomic E-state index is 12.8. The Bertz CT molecular complexity index is 1070. The molecule has 0 bridgehead atoms. The molecule has 0 saturated carbocycles. The van der Waals surface area contributed by atoms with Crippen LogP contribution in [0.4, 0.5) is 0 Å². The number of hydrogen-bond donors (Lipinski definition) is 2. The fraction of sp³-hybridized carbons (Fsp3) is 0.200. The fourth-order valence-corrected chi connectivity index (χ4v) is 4.00. The van der Waals surface area contributed by atoms with Gasteiger partial charge in [-0.25, -0.2) is 4.98 Å². The zero-order valence-corrected chi connectivity index (χ0v) is 17.8. The van der Waals surface area contributed by atoms with Crippen molar-refractivity contribution in [2.75, 3.05) is 12.0 Å². The Labute approximate surface area is 181 Å². The van der Waals surface area contributed by atoms with E-state index in [4.69, 9.17) is 4.98 Å². The molecule has 30 heavy (non-hydrogen) atoms. The second kappa shape index (κ2) is 9.63. The first kappa shape index (κ1) is 20.2. The molecule has 2 N–H and O–H groups in total. The van der Waals surface area contributed by atoms with Crippen LogP contribution in [0.3, 0.4) is 0 Å². The molecule has 1 heterocycles. The predicted octanol–water partition coefficient (Wildman–Crippen LogP) is 5.38. The first-order valence-corrected chi connectivity index (χ1v) is 11.5. The third-order valence-electron chi connectivity index (χ3n) is 5.11. The quantitative estimate of drug-likeness (QED) is 0.406. The summed E-state index contributed by atoms with van der Waals surface area (Å²) in [6, 6.07) is 26.3. The molecule has 1 atom stereocenters. The molecule has 0 radical (unpaired) electrons. The van der Waals surface area contributed by atoms with E-state index in [-0.39, 0.29) is 11.9 Å². The minimum atomic E-state index is -0.124. The number of benzene rings is 3. The van der Waals surface area contributed by atoms with Gasteiger partial charge in [-0.15, -0.1) is 0 Å². The third-order valence-corrected chi connectivity index (χ3v) is 5.75. The van der Waals surface area contributed by atoms with Crippen LogP contribution in [-0.2, 0) is 11.2 Å². The summed E-state index contributed by atoms with van der Waals surface area (Å²) in [5, 5.41) is 3.18. The number of imidazole rings is 1. The molecule has 0 spiro atoms. The van der Waals surface area contributed by atoms with Crippen molar-refractivity contribution in [2.45, 2.75) is 18.9 Å². The Balaban J connectivity index is 1.44. The van der Waals surface area contributed by atoms with Crippen LogP contribution in [0, 0.1) is 0 Å². The fourth-order valence-electron chi connectivity index (χ4n) is 3.53. The minimum Gasteiger partial charge on any atom is -0.346 e. The highest BCUT2D eigenvalue weighted by Crippen LogP contribution is 2.21. The first-order chi connectivity index (χ1) is 14.7. The highest BCUT2D eigenvalue weighted by Gasteiger charge is 2.18. The van der Waals surface area contributed by atoms with E-state index in [1.54, 1.807) is 11.8 Å². The summed E-state index contributed by atoms with van der Waals surface area (Å²) in [7, 11) is 0. The second-order valence-corrected chi connectivity index (χ2v) is 8.27. The molecule has 0 aliphatic carbocycles. The molecule has 4 nitrogen and oxygen atoms in total. The number of para-hydroxylation sites is 2. The zero-order valence-electron chi connectivity index (χ0n) is 17.0. The number of amides is 1. The molecule has 4 rings (SSSR count). The number of nitrogens with one attached hydrogen (secondary N) is 2. The topological polar surface area (TPSA) is 57.8 Å². The Morgan fingerprint density at radius 3 is 2.40 bits per heavy atom. The van der Waals surface area contributed by atoms with Crippen LogP contribution in [0.25, 0.3) is 22.2 Å². The van der Waals surface area contributed by atoms with Crippen LogP contribution < -0.4 is 5.32 Å². The monoisotopic (exact) mass is 415 g/mol. The molecule has 0 saturated heterocycles. The summed E-state index contributed by atoms with van der Waals surface area (Å²) in [5.41, 5.74) is 5.25. The maximum atomic E-state index is 12.8. The molecular weight excluding hydrogens is 390 g/mol. The Morgan fingerprint density at radius 2 is 1.67 bits per heavy atom. The van der Waals surface area contributed by atoms with Gasteiger partial charge in [-0.1, -0.05) is 66.7 Å². The molecule has 152 valence electrons. The summed E-state index contributed by atoms with van der Waals surface area (Å²) < 4.78 is 0. The molecule has 3 aromatic carbocycles. The number of H-pyrrole nitrogens is 1. The average molecular weight is 416 g/mol. The van der Waals surface area contributed by atoms with Crippen molar-refractivity contribution >= 4 is 28.7 Å². The number of aromatic amines is 1. The van der Waals surface area contributed by atoms with Crippen LogP contribution in [-0.4, -0.2) is 27.9 Å². The summed E-state index contributed by atoms with van der Waals surface area (Å²) >= 11 is 1.77. The van der Waals surface area contributed by atoms with Gasteiger partial charge in [-0.3, -0.25) is 4.79 Å². The smallest absolute Gasteiger partial charge is 0.225 e. The van der Waals surface area contributed by atoms with Gasteiger partial charge >= 0.3 is 0 Å². The zero-order chi connectivity index (χ0) is 20.8. The van der Waals surface area contributed by atoms with E-state index in [0.29, 0.717) is 6.42 Å². The van der Waals surface area contributed by atoms with Gasteiger partial charge in [0, 0.05) is 0 Å². The normalized spacial score (nSPS) is 12.0. The lowest BCUT2D eigenvalue weighted by atomic mass is 10.0. The van der Waals surface area contributed by atoms with Gasteiger partial charge in [0.25, 0.3) is 0 Å². The molecule has 0 aliphatic rings. The van der Waals surface area contributed by atoms with Crippen LogP contribution in [0.5, 0.6) is 0 Å². The molecule has 0 unspecified atom stereocenters. The number of fused-ring (bicyclic) bond motifs is 1. The highest BCUT2D eigenvalue weighted by atomic mass is 32.2. The van der Waals surface area contributed by atoms with Crippen molar-refractivity contribution in [3.8, 4) is 11.1 Å². The van der Waals surface area contributed by atoms with Crippen molar-refractivity contribution in [3.63, 3.8) is 0 Å². The van der Waals surface area contributed by atoms with Crippen molar-refractivity contribution in [2.24, 2.45) is 0 Å². The van der Waals surface area contributed by atoms with E-state index in [1.165, 1.54) is 5.56 Å². The van der Waals surface area contributed by atoms with Crippen LogP contribution in [0.1, 0.15) is 23.9 Å². The molecular formula is C25H25N3OS. The standard InChI is InChI=1S/C25H25N3OS/c1-30-16-15-23(25-27-21-9-5-6-10-22(21)28-25)26-24(29)17-18-11-13-20(14-12-18)19-7-3-2-4-8-19/h2-14,23H,15-17H2,1H3,(H,26,29)(H,27,28)/t23-/m1/s1. The molecule has 1 aromatic heterocycles. The molecule has 0 fully saturated rings. The summed E-state index contributed by atoms with van der Waals surface area (Å²) in [6.07, 6.45) is 3.26. The Morgan fingerprint density at radius 1 is 0.967 bits per heavy atom. The van der Waals surface area contributed by atoms with Crippen molar-refractivity contribution in [1.29, 1.82) is 0 Å². The van der Waals surface area contributed by atoms with Crippen LogP contribution >= 0.6 is 11.8 Å². The SMILES string of the molecule is CSCC[C@@H](NC(=O)Cc1ccc(-c2ccccc2)cc1)c1nc2ccccc2[nH]1. The Kier molecular flexibility index (Phi) is 6.50. The lowest BCUT2D eigenvalue weighted by Gasteiger charge is -2.16. The molecule has 5 heteroatoms. The van der Waals surface area contributed by atoms with Gasteiger partial charge < -0.3 is 10.3 Å². The van der Waals surface area contributed by atoms with Crippen molar-refractivity contribution < 1.29 is 4.79 Å². The number of thioether (sulfide) groups is 1. The lowest BCUT2D eigenvalue weighted by Crippen LogP contribution is -2.31. The number of nitrogens with zero attached hydrogens (tertiary/aromatic N) is 1. The lowest BCUT2D eigenvalue weighted by molar-refractivity contribution is -0.121. The van der Waals surface area contributed by atoms with E-state index < -0.39 is 0 Å². The van der Waals surface area contributed by atoms with E-state index in [1.807, 2.05) is 54.6 Å². The van der Waals surface area contributed by atoms with Crippen molar-refractivity contribution in [3.05, 3.63) is 90.3 Å². The van der Waals surface area contributed by atoms with Gasteiger partial charge in [0.15, 0.2) is 0 Å². The van der Waals surface area contributed by atoms with E-state index >= 15 is 0 Å². The number of hydrogen-bond acceptors (Lipinski definition) is 3. The van der Waals surface area contributed by atoms with Crippen LogP contribution in [0.15, 0.2) is 78.9 Å². The van der Waals surface area contributed by atoms with Gasteiger partial charge in [0.1, 0.15) is 5.82 Å². The van der Waals surface area contributed by atoms with E-state index in [0.717, 1.165) is 40.2 Å². The Hall–Kier alpha value is -3.05. The average Bonchev–Trinajstić information content (AvgIpc) is 3.22. The number of carbonyl (C=O) groups is 1. The highest BCUT2D eigenvalue weighted by molar-refractivity contribution is 7.98. The molecule has 1 amide bonds. The molecule has 0 aliphatic heterocycles. The summed E-state index contributed by atoms with van der Waals surface area (Å²) in [4.78, 5) is 20.8. The summed E-state index contributed by atoms with van der Waals surface area (Å²) in [5.74, 6) is 1.78. The number of rotatable bonds is 8. The first-order valence-electron chi connectivity index (χ1n) is 10.1. The minimum absolute atomic E-state index is 0.00835. The van der Waals surface area contributed by atoms with E-state index in [2.05, 4.69) is 40.8 Å². The maximum Gasteiger partial charge on any atom is 0.225 e. The largest absolute Gasteiger partial charge is 0.346 e. The second-order valence-electron chi connectivity index (χ2n) is 7.28. The number of aromatic nitrogens is 2. The van der Waals surface area contributed by atoms with E-state index in [9.17, 15) is 4.79 Å². The predicted molar refractivity (Wildman–Crippen MR) is 126 cm³/mol. The third kappa shape index (κ3) is 4.92. The van der Waals surface area contributed by atoms with Gasteiger partial charge in [0.05, 0.1) is 23.5 Å². The van der Waals surface area contributed by atoms with Crippen LogP contribution in [0.2, 0.25) is 0 Å². The number of carbonyl (C=O) groups excluding carboxylic acids is 1. The van der Waals surface area contributed by atoms with Gasteiger partial charge in [-0.05, 0) is 47.3 Å². The van der Waals surface area contributed by atoms with Crippen molar-refractivity contribution in [1.82, 2.24) is 15.3 Å².